The first kappa shape index (κ1) is 18.9. The summed E-state index contributed by atoms with van der Waals surface area (Å²) in [7, 11) is 0. The second-order valence-electron chi connectivity index (χ2n) is 5.81. The highest BCUT2D eigenvalue weighted by Gasteiger charge is 2.16. The Morgan fingerprint density at radius 1 is 1.11 bits per heavy atom. The number of benzene rings is 2. The summed E-state index contributed by atoms with van der Waals surface area (Å²) in [5, 5.41) is 8.31. The molecule has 0 saturated heterocycles. The predicted octanol–water partition coefficient (Wildman–Crippen LogP) is 4.47. The molecule has 0 saturated carbocycles. The fraction of sp³-hybridized carbons (Fsp3) is 0.105. The van der Waals surface area contributed by atoms with Gasteiger partial charge in [-0.3, -0.25) is 10.1 Å². The standard InChI is InChI=1S/C19H14BrN3O3S2/c20-13-4-1-11(2-5-13)14-10-28-19(21-14)23-18(27)22-17(24)12-3-6-15-16(9-12)26-8-7-25-15/h1-6,9-10H,7-8H2,(H2,21,22,23,24,27). The summed E-state index contributed by atoms with van der Waals surface area (Å²) in [5.74, 6) is 0.850. The van der Waals surface area contributed by atoms with E-state index in [2.05, 4.69) is 31.5 Å². The van der Waals surface area contributed by atoms with Crippen molar-refractivity contribution in [2.24, 2.45) is 0 Å². The zero-order valence-electron chi connectivity index (χ0n) is 14.4. The molecule has 3 aromatic rings. The van der Waals surface area contributed by atoms with Gasteiger partial charge in [-0.05, 0) is 42.5 Å². The van der Waals surface area contributed by atoms with Crippen LogP contribution in [0.4, 0.5) is 5.13 Å². The first-order valence-electron chi connectivity index (χ1n) is 8.32. The van der Waals surface area contributed by atoms with Gasteiger partial charge >= 0.3 is 0 Å². The fourth-order valence-electron chi connectivity index (χ4n) is 2.57. The van der Waals surface area contributed by atoms with Gasteiger partial charge in [-0.25, -0.2) is 4.98 Å². The molecule has 0 fully saturated rings. The van der Waals surface area contributed by atoms with E-state index in [4.69, 9.17) is 21.7 Å². The van der Waals surface area contributed by atoms with E-state index in [9.17, 15) is 4.79 Å². The van der Waals surface area contributed by atoms with Gasteiger partial charge < -0.3 is 14.8 Å². The molecule has 2 N–H and O–H groups in total. The van der Waals surface area contributed by atoms with Crippen LogP contribution in [-0.2, 0) is 0 Å². The SMILES string of the molecule is O=C(NC(=S)Nc1nc(-c2ccc(Br)cc2)cs1)c1ccc2c(c1)OCCO2. The Kier molecular flexibility index (Phi) is 5.56. The zero-order valence-corrected chi connectivity index (χ0v) is 17.6. The molecule has 0 atom stereocenters. The number of thiazole rings is 1. The van der Waals surface area contributed by atoms with E-state index in [0.29, 0.717) is 35.4 Å². The van der Waals surface area contributed by atoms with Gasteiger partial charge in [0.15, 0.2) is 21.7 Å². The normalized spacial score (nSPS) is 12.3. The number of aromatic nitrogens is 1. The van der Waals surface area contributed by atoms with Crippen molar-refractivity contribution in [3.05, 3.63) is 57.9 Å². The molecule has 0 aliphatic carbocycles. The van der Waals surface area contributed by atoms with Gasteiger partial charge in [-0.15, -0.1) is 11.3 Å². The average molecular weight is 476 g/mol. The molecule has 0 unspecified atom stereocenters. The quantitative estimate of drug-likeness (QED) is 0.544. The molecular formula is C19H14BrN3O3S2. The Morgan fingerprint density at radius 3 is 2.64 bits per heavy atom. The van der Waals surface area contributed by atoms with Crippen molar-refractivity contribution < 1.29 is 14.3 Å². The molecule has 0 radical (unpaired) electrons. The van der Waals surface area contributed by atoms with Gasteiger partial charge in [-0.2, -0.15) is 0 Å². The number of carbonyl (C=O) groups is 1. The van der Waals surface area contributed by atoms with Crippen LogP contribution in [0, 0.1) is 0 Å². The number of nitrogens with zero attached hydrogens (tertiary/aromatic N) is 1. The molecule has 2 heterocycles. The Morgan fingerprint density at radius 2 is 1.86 bits per heavy atom. The smallest absolute Gasteiger partial charge is 0.257 e. The summed E-state index contributed by atoms with van der Waals surface area (Å²) < 4.78 is 12.0. The van der Waals surface area contributed by atoms with E-state index >= 15 is 0 Å². The maximum atomic E-state index is 12.4. The minimum atomic E-state index is -0.334. The van der Waals surface area contributed by atoms with Gasteiger partial charge in [0.2, 0.25) is 0 Å². The molecule has 6 nitrogen and oxygen atoms in total. The zero-order chi connectivity index (χ0) is 19.5. The summed E-state index contributed by atoms with van der Waals surface area (Å²) >= 11 is 10.1. The molecule has 1 amide bonds. The lowest BCUT2D eigenvalue weighted by Crippen LogP contribution is -2.34. The molecule has 28 heavy (non-hydrogen) atoms. The van der Waals surface area contributed by atoms with E-state index in [1.165, 1.54) is 11.3 Å². The van der Waals surface area contributed by atoms with Crippen LogP contribution < -0.4 is 20.1 Å². The van der Waals surface area contributed by atoms with Crippen molar-refractivity contribution in [1.82, 2.24) is 10.3 Å². The van der Waals surface area contributed by atoms with E-state index in [-0.39, 0.29) is 11.0 Å². The van der Waals surface area contributed by atoms with Gasteiger partial charge in [0.25, 0.3) is 5.91 Å². The molecule has 4 rings (SSSR count). The number of carbonyl (C=O) groups excluding carboxylic acids is 1. The van der Waals surface area contributed by atoms with Crippen LogP contribution in [0.3, 0.4) is 0 Å². The highest BCUT2D eigenvalue weighted by Crippen LogP contribution is 2.30. The summed E-state index contributed by atoms with van der Waals surface area (Å²) in [4.78, 5) is 16.9. The number of thiocarbonyl (C=S) groups is 1. The number of ether oxygens (including phenoxy) is 2. The van der Waals surface area contributed by atoms with Crippen molar-refractivity contribution in [3.8, 4) is 22.8 Å². The molecule has 9 heteroatoms. The highest BCUT2D eigenvalue weighted by atomic mass is 79.9. The molecule has 1 aromatic heterocycles. The minimum Gasteiger partial charge on any atom is -0.486 e. The fourth-order valence-corrected chi connectivity index (χ4v) is 3.82. The van der Waals surface area contributed by atoms with Crippen LogP contribution in [0.1, 0.15) is 10.4 Å². The maximum Gasteiger partial charge on any atom is 0.257 e. The second kappa shape index (κ2) is 8.26. The van der Waals surface area contributed by atoms with Crippen LogP contribution in [0.2, 0.25) is 0 Å². The number of amides is 1. The lowest BCUT2D eigenvalue weighted by Gasteiger charge is -2.18. The van der Waals surface area contributed by atoms with Crippen molar-refractivity contribution >= 4 is 55.6 Å². The van der Waals surface area contributed by atoms with Crippen molar-refractivity contribution in [2.45, 2.75) is 0 Å². The summed E-state index contributed by atoms with van der Waals surface area (Å²) in [6.07, 6.45) is 0. The van der Waals surface area contributed by atoms with Crippen LogP contribution in [0.5, 0.6) is 11.5 Å². The monoisotopic (exact) mass is 475 g/mol. The van der Waals surface area contributed by atoms with E-state index in [1.54, 1.807) is 18.2 Å². The van der Waals surface area contributed by atoms with Crippen molar-refractivity contribution in [1.29, 1.82) is 0 Å². The van der Waals surface area contributed by atoms with Crippen molar-refractivity contribution in [2.75, 3.05) is 18.5 Å². The van der Waals surface area contributed by atoms with Crippen LogP contribution >= 0.6 is 39.5 Å². The molecule has 0 spiro atoms. The predicted molar refractivity (Wildman–Crippen MR) is 116 cm³/mol. The van der Waals surface area contributed by atoms with Crippen molar-refractivity contribution in [3.63, 3.8) is 0 Å². The Bertz CT molecular complexity index is 1040. The van der Waals surface area contributed by atoms with Gasteiger partial charge in [-0.1, -0.05) is 28.1 Å². The lowest BCUT2D eigenvalue weighted by molar-refractivity contribution is 0.0976. The molecule has 2 aromatic carbocycles. The van der Waals surface area contributed by atoms with Gasteiger partial charge in [0.05, 0.1) is 5.69 Å². The number of anilines is 1. The lowest BCUT2D eigenvalue weighted by atomic mass is 10.2. The summed E-state index contributed by atoms with van der Waals surface area (Å²) in [6.45, 7) is 0.964. The average Bonchev–Trinajstić information content (AvgIpc) is 3.16. The number of rotatable bonds is 3. The molecule has 1 aliphatic heterocycles. The first-order chi connectivity index (χ1) is 13.6. The molecule has 1 aliphatic rings. The Labute approximate surface area is 179 Å². The first-order valence-corrected chi connectivity index (χ1v) is 10.4. The van der Waals surface area contributed by atoms with Gasteiger partial charge in [0, 0.05) is 21.0 Å². The number of halogens is 1. The Balaban J connectivity index is 1.39. The third-order valence-corrected chi connectivity index (χ3v) is 5.39. The number of hydrogen-bond acceptors (Lipinski definition) is 6. The van der Waals surface area contributed by atoms with Crippen LogP contribution in [0.25, 0.3) is 11.3 Å². The van der Waals surface area contributed by atoms with Crippen LogP contribution in [0.15, 0.2) is 52.3 Å². The molecule has 142 valence electrons. The topological polar surface area (TPSA) is 72.5 Å². The number of nitrogens with one attached hydrogen (secondary N) is 2. The van der Waals surface area contributed by atoms with Crippen LogP contribution in [-0.4, -0.2) is 29.2 Å². The Hall–Kier alpha value is -2.49. The molecular weight excluding hydrogens is 462 g/mol. The summed E-state index contributed by atoms with van der Waals surface area (Å²) in [5.41, 5.74) is 2.27. The number of fused-ring (bicyclic) bond motifs is 1. The third kappa shape index (κ3) is 4.32. The largest absolute Gasteiger partial charge is 0.486 e. The van der Waals surface area contributed by atoms with E-state index in [1.807, 2.05) is 29.6 Å². The maximum absolute atomic E-state index is 12.4. The van der Waals surface area contributed by atoms with E-state index in [0.717, 1.165) is 15.7 Å². The molecule has 0 bridgehead atoms. The minimum absolute atomic E-state index is 0.177. The number of hydrogen-bond donors (Lipinski definition) is 2. The summed E-state index contributed by atoms with van der Waals surface area (Å²) in [6, 6.07) is 12.9. The van der Waals surface area contributed by atoms with E-state index < -0.39 is 0 Å². The highest BCUT2D eigenvalue weighted by molar-refractivity contribution is 9.10. The third-order valence-electron chi connectivity index (χ3n) is 3.90. The second-order valence-corrected chi connectivity index (χ2v) is 7.99. The van der Waals surface area contributed by atoms with Gasteiger partial charge in [0.1, 0.15) is 13.2 Å².